The molecule has 0 bridgehead atoms. The molecule has 0 spiro atoms. The van der Waals surface area contributed by atoms with Gasteiger partial charge in [0.15, 0.2) is 28.8 Å². The van der Waals surface area contributed by atoms with Crippen molar-refractivity contribution in [2.24, 2.45) is 0 Å². The summed E-state index contributed by atoms with van der Waals surface area (Å²) in [6.45, 7) is 0. The lowest BCUT2D eigenvalue weighted by atomic mass is 9.84. The maximum atomic E-state index is 13.4. The topological polar surface area (TPSA) is 110 Å². The predicted octanol–water partition coefficient (Wildman–Crippen LogP) is 4.48. The van der Waals surface area contributed by atoms with Gasteiger partial charge in [-0.1, -0.05) is 6.07 Å². The SMILES string of the molecule is COc1ccc(C2CC(=O)Oc3ccc4c(c32)OC(=Cc2ccc(OC)c(OC)c2OC)C4=O)cc1O. The van der Waals surface area contributed by atoms with Crippen molar-refractivity contribution in [2.45, 2.75) is 12.3 Å². The van der Waals surface area contributed by atoms with Crippen LogP contribution in [0, 0.1) is 0 Å². The number of ether oxygens (including phenoxy) is 6. The maximum Gasteiger partial charge on any atom is 0.312 e. The molecule has 0 amide bonds. The Labute approximate surface area is 212 Å². The Kier molecular flexibility index (Phi) is 6.12. The summed E-state index contributed by atoms with van der Waals surface area (Å²) in [5, 5.41) is 10.3. The summed E-state index contributed by atoms with van der Waals surface area (Å²) in [5.74, 6) is 0.889. The first-order valence-electron chi connectivity index (χ1n) is 11.4. The molecule has 0 saturated carbocycles. The third kappa shape index (κ3) is 3.98. The highest BCUT2D eigenvalue weighted by Crippen LogP contribution is 2.50. The number of methoxy groups -OCH3 is 4. The number of carbonyl (C=O) groups is 2. The van der Waals surface area contributed by atoms with Gasteiger partial charge < -0.3 is 33.5 Å². The Morgan fingerprint density at radius 2 is 1.59 bits per heavy atom. The lowest BCUT2D eigenvalue weighted by molar-refractivity contribution is -0.135. The van der Waals surface area contributed by atoms with Gasteiger partial charge in [0.1, 0.15) is 11.5 Å². The van der Waals surface area contributed by atoms with E-state index in [1.807, 2.05) is 0 Å². The number of benzene rings is 3. The number of hydrogen-bond donors (Lipinski definition) is 1. The van der Waals surface area contributed by atoms with E-state index in [9.17, 15) is 14.7 Å². The van der Waals surface area contributed by atoms with Gasteiger partial charge in [-0.2, -0.15) is 0 Å². The summed E-state index contributed by atoms with van der Waals surface area (Å²) < 4.78 is 33.0. The summed E-state index contributed by atoms with van der Waals surface area (Å²) in [5.41, 5.74) is 2.09. The van der Waals surface area contributed by atoms with Crippen molar-refractivity contribution >= 4 is 17.8 Å². The average molecular weight is 504 g/mol. The molecule has 1 N–H and O–H groups in total. The van der Waals surface area contributed by atoms with Gasteiger partial charge >= 0.3 is 5.97 Å². The lowest BCUT2D eigenvalue weighted by Crippen LogP contribution is -2.21. The van der Waals surface area contributed by atoms with Crippen molar-refractivity contribution in [3.63, 3.8) is 0 Å². The maximum absolute atomic E-state index is 13.4. The number of aromatic hydroxyl groups is 1. The fraction of sp³-hybridized carbons (Fsp3) is 0.214. The fourth-order valence-electron chi connectivity index (χ4n) is 4.69. The molecule has 0 aliphatic carbocycles. The van der Waals surface area contributed by atoms with E-state index in [0.717, 1.165) is 0 Å². The van der Waals surface area contributed by atoms with Crippen LogP contribution in [0.4, 0.5) is 0 Å². The number of hydrogen-bond acceptors (Lipinski definition) is 9. The van der Waals surface area contributed by atoms with Gasteiger partial charge in [0, 0.05) is 17.0 Å². The van der Waals surface area contributed by atoms with Crippen LogP contribution in [-0.2, 0) is 4.79 Å². The molecule has 5 rings (SSSR count). The van der Waals surface area contributed by atoms with E-state index in [1.54, 1.807) is 42.5 Å². The largest absolute Gasteiger partial charge is 0.504 e. The molecule has 9 heteroatoms. The van der Waals surface area contributed by atoms with Crippen LogP contribution in [0.25, 0.3) is 6.08 Å². The molecular weight excluding hydrogens is 480 g/mol. The van der Waals surface area contributed by atoms with Gasteiger partial charge in [-0.3, -0.25) is 9.59 Å². The third-order valence-corrected chi connectivity index (χ3v) is 6.41. The number of phenols is 1. The Balaban J connectivity index is 1.60. The van der Waals surface area contributed by atoms with Crippen molar-refractivity contribution in [3.8, 4) is 40.2 Å². The first-order chi connectivity index (χ1) is 17.9. The van der Waals surface area contributed by atoms with E-state index >= 15 is 0 Å². The smallest absolute Gasteiger partial charge is 0.312 e. The number of ketones is 1. The molecule has 2 aliphatic rings. The van der Waals surface area contributed by atoms with Crippen LogP contribution < -0.4 is 28.4 Å². The molecule has 1 unspecified atom stereocenters. The molecule has 2 heterocycles. The van der Waals surface area contributed by atoms with Gasteiger partial charge in [0.2, 0.25) is 11.5 Å². The number of Topliss-reactive ketones (excluding diaryl/α,β-unsaturated/α-hetero) is 1. The number of rotatable bonds is 6. The zero-order valence-electron chi connectivity index (χ0n) is 20.6. The van der Waals surface area contributed by atoms with Crippen molar-refractivity contribution in [2.75, 3.05) is 28.4 Å². The van der Waals surface area contributed by atoms with Crippen molar-refractivity contribution in [1.29, 1.82) is 0 Å². The molecule has 0 radical (unpaired) electrons. The Hall–Kier alpha value is -4.66. The number of phenolic OH excluding ortho intramolecular Hbond substituents is 1. The van der Waals surface area contributed by atoms with Crippen LogP contribution in [0.5, 0.6) is 40.2 Å². The Morgan fingerprint density at radius 1 is 0.865 bits per heavy atom. The molecule has 3 aromatic carbocycles. The van der Waals surface area contributed by atoms with Crippen LogP contribution in [-0.4, -0.2) is 45.3 Å². The fourth-order valence-corrected chi connectivity index (χ4v) is 4.69. The van der Waals surface area contributed by atoms with Crippen molar-refractivity contribution in [1.82, 2.24) is 0 Å². The average Bonchev–Trinajstić information content (AvgIpc) is 3.22. The van der Waals surface area contributed by atoms with E-state index < -0.39 is 11.9 Å². The van der Waals surface area contributed by atoms with Gasteiger partial charge in [-0.05, 0) is 48.0 Å². The highest BCUT2D eigenvalue weighted by Gasteiger charge is 2.39. The van der Waals surface area contributed by atoms with Gasteiger partial charge in [-0.15, -0.1) is 0 Å². The number of esters is 1. The quantitative estimate of drug-likeness (QED) is 0.295. The highest BCUT2D eigenvalue weighted by molar-refractivity contribution is 6.15. The van der Waals surface area contributed by atoms with Gasteiger partial charge in [-0.25, -0.2) is 0 Å². The van der Waals surface area contributed by atoms with E-state index in [2.05, 4.69) is 0 Å². The second kappa shape index (κ2) is 9.42. The Bertz CT molecular complexity index is 1450. The lowest BCUT2D eigenvalue weighted by Gasteiger charge is -2.26. The first-order valence-corrected chi connectivity index (χ1v) is 11.4. The molecule has 1 atom stereocenters. The molecule has 37 heavy (non-hydrogen) atoms. The minimum atomic E-state index is -0.509. The van der Waals surface area contributed by atoms with Gasteiger partial charge in [0.05, 0.1) is 40.4 Å². The summed E-state index contributed by atoms with van der Waals surface area (Å²) in [4.78, 5) is 25.8. The van der Waals surface area contributed by atoms with Crippen molar-refractivity contribution < 1.29 is 43.1 Å². The molecule has 190 valence electrons. The third-order valence-electron chi connectivity index (χ3n) is 6.41. The molecule has 3 aromatic rings. The molecule has 0 fully saturated rings. The van der Waals surface area contributed by atoms with Gasteiger partial charge in [0.25, 0.3) is 0 Å². The monoisotopic (exact) mass is 504 g/mol. The molecule has 2 aliphatic heterocycles. The molecular formula is C28H24O9. The van der Waals surface area contributed by atoms with Crippen LogP contribution in [0.1, 0.15) is 39.4 Å². The van der Waals surface area contributed by atoms with Crippen LogP contribution in [0.15, 0.2) is 48.2 Å². The van der Waals surface area contributed by atoms with Crippen LogP contribution in [0.2, 0.25) is 0 Å². The zero-order chi connectivity index (χ0) is 26.3. The van der Waals surface area contributed by atoms with Crippen LogP contribution >= 0.6 is 0 Å². The summed E-state index contributed by atoms with van der Waals surface area (Å²) >= 11 is 0. The molecule has 0 aromatic heterocycles. The number of carbonyl (C=O) groups excluding carboxylic acids is 2. The summed E-state index contributed by atoms with van der Waals surface area (Å²) in [6, 6.07) is 11.5. The van der Waals surface area contributed by atoms with E-state index in [-0.39, 0.29) is 23.7 Å². The van der Waals surface area contributed by atoms with E-state index in [0.29, 0.717) is 56.8 Å². The zero-order valence-corrected chi connectivity index (χ0v) is 20.6. The van der Waals surface area contributed by atoms with E-state index in [4.69, 9.17) is 28.4 Å². The van der Waals surface area contributed by atoms with E-state index in [1.165, 1.54) is 34.5 Å². The highest BCUT2D eigenvalue weighted by atomic mass is 16.5. The summed E-state index contributed by atoms with van der Waals surface area (Å²) in [7, 11) is 5.96. The normalized spacial score (nSPS) is 17.0. The minimum Gasteiger partial charge on any atom is -0.504 e. The number of allylic oxidation sites excluding steroid dienone is 1. The molecule has 0 saturated heterocycles. The second-order valence-electron chi connectivity index (χ2n) is 8.38. The Morgan fingerprint density at radius 3 is 2.27 bits per heavy atom. The predicted molar refractivity (Wildman–Crippen MR) is 132 cm³/mol. The van der Waals surface area contributed by atoms with Crippen molar-refractivity contribution in [3.05, 3.63) is 70.5 Å². The standard InChI is InChI=1S/C28H24O9/c1-32-19-8-5-14(11-18(19)29)17-13-23(30)36-20-10-7-16-25(31)22(37-27(16)24(17)20)12-15-6-9-21(33-2)28(35-4)26(15)34-3/h5-12,17,29H,13H2,1-4H3. The number of fused-ring (bicyclic) bond motifs is 3. The first kappa shape index (κ1) is 24.1. The van der Waals surface area contributed by atoms with Crippen LogP contribution in [0.3, 0.4) is 0 Å². The molecule has 9 nitrogen and oxygen atoms in total. The minimum absolute atomic E-state index is 0.00925. The summed E-state index contributed by atoms with van der Waals surface area (Å²) in [6.07, 6.45) is 1.58. The second-order valence-corrected chi connectivity index (χ2v) is 8.38.